The fraction of sp³-hybridized carbons (Fsp3) is 0.385. The summed E-state index contributed by atoms with van der Waals surface area (Å²) in [7, 11) is 1.56. The number of alkyl halides is 3. The first-order chi connectivity index (χ1) is 18.8. The van der Waals surface area contributed by atoms with Crippen molar-refractivity contribution >= 4 is 11.7 Å². The van der Waals surface area contributed by atoms with E-state index in [1.165, 1.54) is 11.0 Å². The topological polar surface area (TPSA) is 104 Å². The summed E-state index contributed by atoms with van der Waals surface area (Å²) < 4.78 is 48.0. The summed E-state index contributed by atoms with van der Waals surface area (Å²) in [6.45, 7) is 2.67. The number of carbonyl (C=O) groups excluding carboxylic acids is 1. The van der Waals surface area contributed by atoms with E-state index < -0.39 is 12.0 Å². The minimum Gasteiger partial charge on any atom is -0.480 e. The molecule has 1 aliphatic heterocycles. The molecule has 0 bridgehead atoms. The van der Waals surface area contributed by atoms with Gasteiger partial charge in [-0.1, -0.05) is 24.3 Å². The number of anilines is 1. The molecule has 0 saturated heterocycles. The van der Waals surface area contributed by atoms with Crippen molar-refractivity contribution in [1.82, 2.24) is 34.5 Å². The molecule has 0 spiro atoms. The summed E-state index contributed by atoms with van der Waals surface area (Å²) in [5.74, 6) is 0.369. The SMILES string of the molecule is CCn1nc(C(F)(F)F)nc1-c1ccc(CN2C(=O)CCn3nc(-c4c(OC)ncnc4C4CC4)cc32)cc1. The molecule has 0 unspecified atom stereocenters. The minimum atomic E-state index is -4.62. The number of aromatic nitrogens is 7. The zero-order chi connectivity index (χ0) is 27.3. The van der Waals surface area contributed by atoms with E-state index in [9.17, 15) is 18.0 Å². The van der Waals surface area contributed by atoms with Gasteiger partial charge in [0.05, 0.1) is 31.5 Å². The Morgan fingerprint density at radius 3 is 2.54 bits per heavy atom. The van der Waals surface area contributed by atoms with Crippen LogP contribution >= 0.6 is 0 Å². The first-order valence-electron chi connectivity index (χ1n) is 12.7. The van der Waals surface area contributed by atoms with E-state index >= 15 is 0 Å². The summed E-state index contributed by atoms with van der Waals surface area (Å²) >= 11 is 0. The van der Waals surface area contributed by atoms with Crippen LogP contribution in [0, 0.1) is 0 Å². The van der Waals surface area contributed by atoms with E-state index in [0.717, 1.165) is 29.7 Å². The lowest BCUT2D eigenvalue weighted by molar-refractivity contribution is -0.145. The molecule has 0 N–H and O–H groups in total. The highest BCUT2D eigenvalue weighted by atomic mass is 19.4. The molecule has 39 heavy (non-hydrogen) atoms. The van der Waals surface area contributed by atoms with Crippen LogP contribution in [0.2, 0.25) is 0 Å². The first kappa shape index (κ1) is 25.0. The second-order valence-corrected chi connectivity index (χ2v) is 9.53. The van der Waals surface area contributed by atoms with Crippen LogP contribution in [0.4, 0.5) is 19.0 Å². The van der Waals surface area contributed by atoms with Crippen LogP contribution < -0.4 is 9.64 Å². The zero-order valence-corrected chi connectivity index (χ0v) is 21.3. The molecule has 1 aromatic carbocycles. The molecule has 3 aromatic heterocycles. The van der Waals surface area contributed by atoms with Crippen molar-refractivity contribution in [2.45, 2.75) is 57.9 Å². The maximum Gasteiger partial charge on any atom is 0.453 e. The molecule has 202 valence electrons. The average molecular weight is 539 g/mol. The molecule has 2 aliphatic rings. The molecule has 1 amide bonds. The van der Waals surface area contributed by atoms with Gasteiger partial charge in [0, 0.05) is 30.5 Å². The van der Waals surface area contributed by atoms with Crippen LogP contribution in [0.3, 0.4) is 0 Å². The van der Waals surface area contributed by atoms with Crippen molar-refractivity contribution in [3.63, 3.8) is 0 Å². The zero-order valence-electron chi connectivity index (χ0n) is 21.3. The lowest BCUT2D eigenvalue weighted by Gasteiger charge is -2.27. The highest BCUT2D eigenvalue weighted by Gasteiger charge is 2.37. The predicted molar refractivity (Wildman–Crippen MR) is 134 cm³/mol. The lowest BCUT2D eigenvalue weighted by Crippen LogP contribution is -2.36. The first-order valence-corrected chi connectivity index (χ1v) is 12.7. The predicted octanol–water partition coefficient (Wildman–Crippen LogP) is 4.46. The molecular formula is C26H25F3N8O2. The van der Waals surface area contributed by atoms with Gasteiger partial charge in [-0.15, -0.1) is 5.10 Å². The van der Waals surface area contributed by atoms with Gasteiger partial charge in [0.1, 0.15) is 17.8 Å². The number of amides is 1. The Hall–Kier alpha value is -4.29. The van der Waals surface area contributed by atoms with Crippen LogP contribution in [-0.2, 0) is 30.6 Å². The second-order valence-electron chi connectivity index (χ2n) is 9.53. The molecule has 0 atom stereocenters. The number of halogens is 3. The van der Waals surface area contributed by atoms with E-state index in [4.69, 9.17) is 9.84 Å². The largest absolute Gasteiger partial charge is 0.480 e. The number of carbonyl (C=O) groups is 1. The summed E-state index contributed by atoms with van der Waals surface area (Å²) in [5, 5.41) is 8.36. The van der Waals surface area contributed by atoms with Crippen molar-refractivity contribution in [1.29, 1.82) is 0 Å². The maximum atomic E-state index is 13.1. The van der Waals surface area contributed by atoms with Crippen molar-refractivity contribution < 1.29 is 22.7 Å². The monoisotopic (exact) mass is 538 g/mol. The van der Waals surface area contributed by atoms with Crippen molar-refractivity contribution in [3.8, 4) is 28.5 Å². The van der Waals surface area contributed by atoms with Crippen molar-refractivity contribution in [3.05, 3.63) is 53.7 Å². The van der Waals surface area contributed by atoms with Gasteiger partial charge < -0.3 is 4.74 Å². The molecule has 6 rings (SSSR count). The number of rotatable bonds is 7. The lowest BCUT2D eigenvalue weighted by atomic mass is 10.1. The number of hydrogen-bond donors (Lipinski definition) is 0. The minimum absolute atomic E-state index is 0.0442. The number of benzene rings is 1. The van der Waals surface area contributed by atoms with Crippen LogP contribution in [0.25, 0.3) is 22.6 Å². The molecule has 4 heterocycles. The van der Waals surface area contributed by atoms with Gasteiger partial charge in [0.25, 0.3) is 5.82 Å². The Balaban J connectivity index is 1.29. The van der Waals surface area contributed by atoms with E-state index in [0.29, 0.717) is 41.8 Å². The van der Waals surface area contributed by atoms with E-state index in [-0.39, 0.29) is 24.8 Å². The third kappa shape index (κ3) is 4.61. The highest BCUT2D eigenvalue weighted by Crippen LogP contribution is 2.46. The Labute approximate surface area is 221 Å². The van der Waals surface area contributed by atoms with Gasteiger partial charge in [0.2, 0.25) is 11.8 Å². The second kappa shape index (κ2) is 9.47. The van der Waals surface area contributed by atoms with Crippen LogP contribution in [0.1, 0.15) is 49.2 Å². The quantitative estimate of drug-likeness (QED) is 0.342. The number of fused-ring (bicyclic) bond motifs is 1. The molecule has 1 fully saturated rings. The van der Waals surface area contributed by atoms with Crippen LogP contribution in [-0.4, -0.2) is 47.5 Å². The Morgan fingerprint density at radius 1 is 1.10 bits per heavy atom. The number of hydrogen-bond acceptors (Lipinski definition) is 7. The third-order valence-electron chi connectivity index (χ3n) is 6.91. The smallest absolute Gasteiger partial charge is 0.453 e. The Bertz CT molecular complexity index is 1540. The summed E-state index contributed by atoms with van der Waals surface area (Å²) in [6.07, 6.45) is -0.732. The number of ether oxygens (including phenoxy) is 1. The fourth-order valence-corrected chi connectivity index (χ4v) is 4.83. The van der Waals surface area contributed by atoms with E-state index in [2.05, 4.69) is 20.1 Å². The standard InChI is InChI=1S/C26H25F3N8O2/c1-3-36-23(32-25(34-36)26(27,28)29)17-6-4-15(5-7-17)13-35-19-12-18(33-37(19)11-10-20(35)38)21-22(16-8-9-16)30-14-31-24(21)39-2/h4-7,12,14,16H,3,8-11,13H2,1-2H3. The van der Waals surface area contributed by atoms with Gasteiger partial charge in [-0.25, -0.2) is 24.3 Å². The number of methoxy groups -OCH3 is 1. The number of nitrogens with zero attached hydrogens (tertiary/aromatic N) is 8. The van der Waals surface area contributed by atoms with Gasteiger partial charge in [0.15, 0.2) is 5.82 Å². The van der Waals surface area contributed by atoms with Crippen molar-refractivity contribution in [2.24, 2.45) is 0 Å². The van der Waals surface area contributed by atoms with Gasteiger partial charge >= 0.3 is 6.18 Å². The van der Waals surface area contributed by atoms with Crippen molar-refractivity contribution in [2.75, 3.05) is 12.0 Å². The summed E-state index contributed by atoms with van der Waals surface area (Å²) in [6, 6.07) is 8.80. The summed E-state index contributed by atoms with van der Waals surface area (Å²) in [5.41, 5.74) is 3.61. The molecule has 1 saturated carbocycles. The van der Waals surface area contributed by atoms with Gasteiger partial charge in [-0.3, -0.25) is 9.69 Å². The third-order valence-corrected chi connectivity index (χ3v) is 6.91. The summed E-state index contributed by atoms with van der Waals surface area (Å²) in [4.78, 5) is 27.1. The molecule has 4 aromatic rings. The molecular weight excluding hydrogens is 513 g/mol. The van der Waals surface area contributed by atoms with Gasteiger partial charge in [-0.05, 0) is 25.3 Å². The molecule has 1 aliphatic carbocycles. The van der Waals surface area contributed by atoms with Gasteiger partial charge in [-0.2, -0.15) is 18.3 Å². The highest BCUT2D eigenvalue weighted by molar-refractivity contribution is 5.94. The number of aryl methyl sites for hydroxylation is 2. The fourth-order valence-electron chi connectivity index (χ4n) is 4.83. The average Bonchev–Trinajstić information content (AvgIpc) is 3.53. The maximum absolute atomic E-state index is 13.1. The molecule has 0 radical (unpaired) electrons. The van der Waals surface area contributed by atoms with E-state index in [1.54, 1.807) is 47.9 Å². The molecule has 13 heteroatoms. The molecule has 10 nitrogen and oxygen atoms in total. The Kier molecular flexibility index (Phi) is 6.07. The van der Waals surface area contributed by atoms with E-state index in [1.807, 2.05) is 6.07 Å². The Morgan fingerprint density at radius 2 is 1.87 bits per heavy atom. The van der Waals surface area contributed by atoms with Crippen LogP contribution in [0.15, 0.2) is 36.7 Å². The normalized spacial score (nSPS) is 15.5. The van der Waals surface area contributed by atoms with Crippen LogP contribution in [0.5, 0.6) is 5.88 Å².